The van der Waals surface area contributed by atoms with Crippen LogP contribution in [0.5, 0.6) is 5.75 Å². The molecule has 0 atom stereocenters. The van der Waals surface area contributed by atoms with Crippen LogP contribution in [0, 0.1) is 5.82 Å². The molecule has 0 aliphatic rings. The number of carbonyl (C=O) groups is 1. The number of benzene rings is 1. The maximum Gasteiger partial charge on any atom is 0.185 e. The molecule has 2 rings (SSSR count). The van der Waals surface area contributed by atoms with Crippen molar-refractivity contribution in [3.8, 4) is 16.9 Å². The van der Waals surface area contributed by atoms with Crippen molar-refractivity contribution in [3.63, 3.8) is 0 Å². The van der Waals surface area contributed by atoms with E-state index in [-0.39, 0.29) is 5.76 Å². The SMILES string of the molecule is COc1ccc(-c2ccoc2C=O)c(F)c1. The van der Waals surface area contributed by atoms with E-state index in [9.17, 15) is 9.18 Å². The highest BCUT2D eigenvalue weighted by molar-refractivity contribution is 5.84. The van der Waals surface area contributed by atoms with Crippen LogP contribution in [0.1, 0.15) is 10.6 Å². The molecule has 1 aromatic heterocycles. The zero-order valence-electron chi connectivity index (χ0n) is 8.57. The van der Waals surface area contributed by atoms with E-state index in [0.717, 1.165) is 0 Å². The minimum absolute atomic E-state index is 0.115. The van der Waals surface area contributed by atoms with Crippen LogP contribution in [0.15, 0.2) is 34.9 Å². The van der Waals surface area contributed by atoms with E-state index in [1.165, 1.54) is 19.4 Å². The summed E-state index contributed by atoms with van der Waals surface area (Å²) in [6, 6.07) is 5.98. The van der Waals surface area contributed by atoms with Crippen molar-refractivity contribution in [1.82, 2.24) is 0 Å². The van der Waals surface area contributed by atoms with Gasteiger partial charge in [0.1, 0.15) is 11.6 Å². The molecular formula is C12H9FO3. The first-order valence-corrected chi connectivity index (χ1v) is 4.63. The van der Waals surface area contributed by atoms with Gasteiger partial charge in [-0.25, -0.2) is 4.39 Å². The van der Waals surface area contributed by atoms with Gasteiger partial charge in [0.15, 0.2) is 12.0 Å². The monoisotopic (exact) mass is 220 g/mol. The number of methoxy groups -OCH3 is 1. The number of furan rings is 1. The van der Waals surface area contributed by atoms with Gasteiger partial charge in [0.05, 0.1) is 13.4 Å². The Labute approximate surface area is 91.5 Å². The van der Waals surface area contributed by atoms with Crippen LogP contribution in [-0.4, -0.2) is 13.4 Å². The Morgan fingerprint density at radius 2 is 2.12 bits per heavy atom. The number of rotatable bonds is 3. The molecule has 0 fully saturated rings. The lowest BCUT2D eigenvalue weighted by Crippen LogP contribution is -1.89. The molecule has 16 heavy (non-hydrogen) atoms. The van der Waals surface area contributed by atoms with Gasteiger partial charge < -0.3 is 9.15 Å². The molecule has 0 radical (unpaired) electrons. The Balaban J connectivity index is 2.52. The fourth-order valence-electron chi connectivity index (χ4n) is 1.48. The fourth-order valence-corrected chi connectivity index (χ4v) is 1.48. The third-order valence-corrected chi connectivity index (χ3v) is 2.27. The first-order valence-electron chi connectivity index (χ1n) is 4.63. The van der Waals surface area contributed by atoms with Gasteiger partial charge in [0, 0.05) is 17.2 Å². The van der Waals surface area contributed by atoms with Crippen molar-refractivity contribution < 1.29 is 18.3 Å². The summed E-state index contributed by atoms with van der Waals surface area (Å²) in [5.74, 6) is 0.0883. The zero-order chi connectivity index (χ0) is 11.5. The fraction of sp³-hybridized carbons (Fsp3) is 0.0833. The number of ether oxygens (including phenoxy) is 1. The van der Waals surface area contributed by atoms with Gasteiger partial charge in [-0.1, -0.05) is 0 Å². The van der Waals surface area contributed by atoms with Crippen LogP contribution in [0.4, 0.5) is 4.39 Å². The molecule has 3 nitrogen and oxygen atoms in total. The lowest BCUT2D eigenvalue weighted by molar-refractivity contribution is 0.110. The minimum Gasteiger partial charge on any atom is -0.497 e. The van der Waals surface area contributed by atoms with Gasteiger partial charge in [0.25, 0.3) is 0 Å². The molecule has 82 valence electrons. The summed E-state index contributed by atoms with van der Waals surface area (Å²) >= 11 is 0. The molecule has 0 aliphatic carbocycles. The second-order valence-corrected chi connectivity index (χ2v) is 3.16. The number of aldehydes is 1. The van der Waals surface area contributed by atoms with Gasteiger partial charge in [-0.15, -0.1) is 0 Å². The number of carbonyl (C=O) groups excluding carboxylic acids is 1. The molecule has 0 bridgehead atoms. The van der Waals surface area contributed by atoms with E-state index in [4.69, 9.17) is 9.15 Å². The molecule has 0 aliphatic heterocycles. The summed E-state index contributed by atoms with van der Waals surface area (Å²) in [7, 11) is 1.46. The average molecular weight is 220 g/mol. The normalized spacial score (nSPS) is 10.1. The number of hydrogen-bond acceptors (Lipinski definition) is 3. The van der Waals surface area contributed by atoms with Crippen LogP contribution >= 0.6 is 0 Å². The van der Waals surface area contributed by atoms with Crippen molar-refractivity contribution in [2.75, 3.05) is 7.11 Å². The van der Waals surface area contributed by atoms with Crippen LogP contribution in [0.25, 0.3) is 11.1 Å². The Morgan fingerprint density at radius 3 is 2.75 bits per heavy atom. The van der Waals surface area contributed by atoms with Crippen molar-refractivity contribution in [2.24, 2.45) is 0 Å². The summed E-state index contributed by atoms with van der Waals surface area (Å²) < 4.78 is 23.5. The quantitative estimate of drug-likeness (QED) is 0.746. The molecule has 4 heteroatoms. The molecule has 0 amide bonds. The highest BCUT2D eigenvalue weighted by atomic mass is 19.1. The lowest BCUT2D eigenvalue weighted by atomic mass is 10.1. The van der Waals surface area contributed by atoms with Gasteiger partial charge in [0.2, 0.25) is 0 Å². The highest BCUT2D eigenvalue weighted by Gasteiger charge is 2.12. The predicted molar refractivity (Wildman–Crippen MR) is 56.0 cm³/mol. The Hall–Kier alpha value is -2.10. The zero-order valence-corrected chi connectivity index (χ0v) is 8.57. The Kier molecular flexibility index (Phi) is 2.72. The summed E-state index contributed by atoms with van der Waals surface area (Å²) in [6.45, 7) is 0. The van der Waals surface area contributed by atoms with E-state index in [1.807, 2.05) is 0 Å². The van der Waals surface area contributed by atoms with Crippen LogP contribution in [0.3, 0.4) is 0 Å². The molecule has 1 heterocycles. The Bertz CT molecular complexity index is 517. The molecular weight excluding hydrogens is 211 g/mol. The summed E-state index contributed by atoms with van der Waals surface area (Å²) in [4.78, 5) is 10.7. The van der Waals surface area contributed by atoms with Gasteiger partial charge in [-0.05, 0) is 18.2 Å². The summed E-state index contributed by atoms with van der Waals surface area (Å²) in [6.07, 6.45) is 1.90. The first-order chi connectivity index (χ1) is 7.76. The highest BCUT2D eigenvalue weighted by Crippen LogP contribution is 2.28. The van der Waals surface area contributed by atoms with Crippen molar-refractivity contribution in [1.29, 1.82) is 0 Å². The lowest BCUT2D eigenvalue weighted by Gasteiger charge is -2.04. The second-order valence-electron chi connectivity index (χ2n) is 3.16. The number of hydrogen-bond donors (Lipinski definition) is 0. The minimum atomic E-state index is -0.455. The third kappa shape index (κ3) is 1.69. The first kappa shape index (κ1) is 10.4. The van der Waals surface area contributed by atoms with E-state index in [1.54, 1.807) is 18.2 Å². The van der Waals surface area contributed by atoms with Gasteiger partial charge >= 0.3 is 0 Å². The van der Waals surface area contributed by atoms with Gasteiger partial charge in [-0.2, -0.15) is 0 Å². The maximum atomic E-state index is 13.7. The van der Waals surface area contributed by atoms with E-state index in [2.05, 4.69) is 0 Å². The van der Waals surface area contributed by atoms with E-state index in [0.29, 0.717) is 23.2 Å². The summed E-state index contributed by atoms with van der Waals surface area (Å²) in [5, 5.41) is 0. The standard InChI is InChI=1S/C12H9FO3/c1-15-8-2-3-9(11(13)6-8)10-4-5-16-12(10)7-14/h2-7H,1H3. The van der Waals surface area contributed by atoms with Gasteiger partial charge in [-0.3, -0.25) is 4.79 Å². The molecule has 1 aromatic carbocycles. The molecule has 0 saturated heterocycles. The third-order valence-electron chi connectivity index (χ3n) is 2.27. The molecule has 0 N–H and O–H groups in total. The number of halogens is 1. The topological polar surface area (TPSA) is 39.4 Å². The summed E-state index contributed by atoms with van der Waals surface area (Å²) in [5.41, 5.74) is 0.756. The molecule has 2 aromatic rings. The predicted octanol–water partition coefficient (Wildman–Crippen LogP) is 2.91. The van der Waals surface area contributed by atoms with E-state index >= 15 is 0 Å². The van der Waals surface area contributed by atoms with Crippen molar-refractivity contribution in [2.45, 2.75) is 0 Å². The Morgan fingerprint density at radius 1 is 1.31 bits per heavy atom. The van der Waals surface area contributed by atoms with Crippen LogP contribution < -0.4 is 4.74 Å². The largest absolute Gasteiger partial charge is 0.497 e. The maximum absolute atomic E-state index is 13.7. The second kappa shape index (κ2) is 4.18. The van der Waals surface area contributed by atoms with Crippen molar-refractivity contribution in [3.05, 3.63) is 42.1 Å². The van der Waals surface area contributed by atoms with Crippen molar-refractivity contribution >= 4 is 6.29 Å². The van der Waals surface area contributed by atoms with E-state index < -0.39 is 5.82 Å². The molecule has 0 saturated carbocycles. The molecule has 0 spiro atoms. The average Bonchev–Trinajstić information content (AvgIpc) is 2.76. The van der Waals surface area contributed by atoms with Crippen LogP contribution in [0.2, 0.25) is 0 Å². The molecule has 0 unspecified atom stereocenters. The van der Waals surface area contributed by atoms with Crippen LogP contribution in [-0.2, 0) is 0 Å². The smallest absolute Gasteiger partial charge is 0.185 e.